The Labute approximate surface area is 161 Å². The van der Waals surface area contributed by atoms with Crippen LogP contribution in [0.5, 0.6) is 0 Å². The van der Waals surface area contributed by atoms with Crippen LogP contribution in [0.3, 0.4) is 0 Å². The molecule has 1 aliphatic rings. The number of hydrogen-bond acceptors (Lipinski definition) is 3. The fraction of sp³-hybridized carbons (Fsp3) is 0.632. The van der Waals surface area contributed by atoms with Crippen molar-refractivity contribution in [1.29, 1.82) is 0 Å². The Kier molecular flexibility index (Phi) is 8.72. The van der Waals surface area contributed by atoms with E-state index in [1.807, 2.05) is 13.1 Å². The minimum atomic E-state index is 0.836. The van der Waals surface area contributed by atoms with Gasteiger partial charge in [-0.2, -0.15) is 0 Å². The summed E-state index contributed by atoms with van der Waals surface area (Å²) >= 11 is 3.62. The topological polar surface area (TPSA) is 34.1 Å². The molecule has 1 fully saturated rings. The number of hydrogen-bond donors (Lipinski definition) is 1. The number of guanidine groups is 1. The largest absolute Gasteiger partial charge is 0.356 e. The van der Waals surface area contributed by atoms with Gasteiger partial charge in [0.2, 0.25) is 0 Å². The van der Waals surface area contributed by atoms with Gasteiger partial charge in [0.15, 0.2) is 5.96 Å². The third-order valence-corrected chi connectivity index (χ3v) is 5.49. The van der Waals surface area contributed by atoms with E-state index in [4.69, 9.17) is 0 Å². The number of piperazine rings is 1. The molecule has 0 aliphatic carbocycles. The summed E-state index contributed by atoms with van der Waals surface area (Å²) in [5, 5.41) is 3.49. The molecule has 5 nitrogen and oxygen atoms in total. The lowest BCUT2D eigenvalue weighted by atomic mass is 10.2. The number of likely N-dealkylation sites (N-methyl/N-ethyl adjacent to an activating group) is 1. The first-order valence-corrected chi connectivity index (χ1v) is 9.95. The molecule has 1 aliphatic heterocycles. The number of nitrogens with one attached hydrogen (secondary N) is 1. The molecule has 0 atom stereocenters. The van der Waals surface area contributed by atoms with E-state index >= 15 is 0 Å². The molecule has 2 rings (SSSR count). The van der Waals surface area contributed by atoms with Crippen molar-refractivity contribution in [1.82, 2.24) is 20.0 Å². The van der Waals surface area contributed by atoms with E-state index in [9.17, 15) is 0 Å². The molecule has 1 saturated heterocycles. The predicted molar refractivity (Wildman–Crippen MR) is 110 cm³/mol. The molecule has 25 heavy (non-hydrogen) atoms. The summed E-state index contributed by atoms with van der Waals surface area (Å²) in [5.74, 6) is 0.954. The standard InChI is InChI=1S/C19H32BrN5/c1-21-19(24(3)16-17-8-4-5-9-18(17)20)22-10-6-7-11-25-14-12-23(2)13-15-25/h4-5,8-9H,6-7,10-16H2,1-3H3,(H,21,22). The first-order valence-electron chi connectivity index (χ1n) is 9.16. The van der Waals surface area contributed by atoms with E-state index in [1.54, 1.807) is 0 Å². The first-order chi connectivity index (χ1) is 12.1. The zero-order chi connectivity index (χ0) is 18.1. The van der Waals surface area contributed by atoms with E-state index < -0.39 is 0 Å². The number of aliphatic imine (C=N–C) groups is 1. The Morgan fingerprint density at radius 2 is 1.92 bits per heavy atom. The highest BCUT2D eigenvalue weighted by Crippen LogP contribution is 2.17. The fourth-order valence-corrected chi connectivity index (χ4v) is 3.48. The van der Waals surface area contributed by atoms with Gasteiger partial charge in [0.1, 0.15) is 0 Å². The van der Waals surface area contributed by atoms with Gasteiger partial charge in [0.05, 0.1) is 0 Å². The van der Waals surface area contributed by atoms with Crippen LogP contribution >= 0.6 is 15.9 Å². The van der Waals surface area contributed by atoms with Gasteiger partial charge in [-0.3, -0.25) is 4.99 Å². The number of halogens is 1. The zero-order valence-corrected chi connectivity index (χ0v) is 17.4. The Balaban J connectivity index is 1.65. The van der Waals surface area contributed by atoms with Gasteiger partial charge in [-0.15, -0.1) is 0 Å². The van der Waals surface area contributed by atoms with E-state index in [1.165, 1.54) is 51.1 Å². The number of rotatable bonds is 7. The van der Waals surface area contributed by atoms with Crippen molar-refractivity contribution in [2.75, 3.05) is 60.4 Å². The lowest BCUT2D eigenvalue weighted by Gasteiger charge is -2.32. The molecule has 6 heteroatoms. The summed E-state index contributed by atoms with van der Waals surface area (Å²) in [6.45, 7) is 7.83. The van der Waals surface area contributed by atoms with E-state index in [0.717, 1.165) is 23.5 Å². The molecule has 1 N–H and O–H groups in total. The van der Waals surface area contributed by atoms with Crippen molar-refractivity contribution in [3.63, 3.8) is 0 Å². The van der Waals surface area contributed by atoms with Crippen LogP contribution in [0.1, 0.15) is 18.4 Å². The second-order valence-electron chi connectivity index (χ2n) is 6.77. The third kappa shape index (κ3) is 6.96. The maximum Gasteiger partial charge on any atom is 0.193 e. The van der Waals surface area contributed by atoms with Crippen LogP contribution in [0.25, 0.3) is 0 Å². The molecule has 0 amide bonds. The Bertz CT molecular complexity index is 540. The summed E-state index contributed by atoms with van der Waals surface area (Å²) in [6.07, 6.45) is 2.41. The molecule has 0 spiro atoms. The molecule has 0 unspecified atom stereocenters. The van der Waals surface area contributed by atoms with Crippen molar-refractivity contribution >= 4 is 21.9 Å². The van der Waals surface area contributed by atoms with Gasteiger partial charge in [0, 0.05) is 57.8 Å². The summed E-state index contributed by atoms with van der Waals surface area (Å²) in [6, 6.07) is 8.34. The van der Waals surface area contributed by atoms with Crippen molar-refractivity contribution < 1.29 is 0 Å². The van der Waals surface area contributed by atoms with Crippen LogP contribution in [-0.2, 0) is 6.54 Å². The molecule has 1 heterocycles. The number of benzene rings is 1. The summed E-state index contributed by atoms with van der Waals surface area (Å²) in [7, 11) is 6.14. The van der Waals surface area contributed by atoms with E-state index in [0.29, 0.717) is 0 Å². The van der Waals surface area contributed by atoms with Crippen molar-refractivity contribution in [2.24, 2.45) is 4.99 Å². The average molecular weight is 410 g/mol. The summed E-state index contributed by atoms with van der Waals surface area (Å²) in [5.41, 5.74) is 1.27. The SMILES string of the molecule is CN=C(NCCCCN1CCN(C)CC1)N(C)Cc1ccccc1Br. The lowest BCUT2D eigenvalue weighted by Crippen LogP contribution is -2.44. The van der Waals surface area contributed by atoms with Crippen LogP contribution in [0.15, 0.2) is 33.7 Å². The minimum absolute atomic E-state index is 0.836. The predicted octanol–water partition coefficient (Wildman–Crippen LogP) is 2.48. The van der Waals surface area contributed by atoms with Crippen LogP contribution < -0.4 is 5.32 Å². The maximum absolute atomic E-state index is 4.41. The lowest BCUT2D eigenvalue weighted by molar-refractivity contribution is 0.152. The Hall–Kier alpha value is -1.11. The molecule has 0 radical (unpaired) electrons. The quantitative estimate of drug-likeness (QED) is 0.426. The molecule has 1 aromatic carbocycles. The first kappa shape index (κ1) is 20.2. The summed E-state index contributed by atoms with van der Waals surface area (Å²) in [4.78, 5) is 11.6. The molecule has 140 valence electrons. The normalized spacial score (nSPS) is 16.9. The van der Waals surface area contributed by atoms with E-state index in [-0.39, 0.29) is 0 Å². The molecule has 0 aromatic heterocycles. The highest BCUT2D eigenvalue weighted by Gasteiger charge is 2.13. The monoisotopic (exact) mass is 409 g/mol. The number of nitrogens with zero attached hydrogens (tertiary/aromatic N) is 4. The Morgan fingerprint density at radius 1 is 1.20 bits per heavy atom. The second-order valence-corrected chi connectivity index (χ2v) is 7.63. The maximum atomic E-state index is 4.41. The second kappa shape index (κ2) is 10.8. The Morgan fingerprint density at radius 3 is 2.60 bits per heavy atom. The smallest absolute Gasteiger partial charge is 0.193 e. The van der Waals surface area contributed by atoms with Gasteiger partial charge in [-0.05, 0) is 38.1 Å². The van der Waals surface area contributed by atoms with Crippen molar-refractivity contribution in [3.8, 4) is 0 Å². The average Bonchev–Trinajstić information content (AvgIpc) is 2.61. The van der Waals surface area contributed by atoms with Crippen LogP contribution in [0.2, 0.25) is 0 Å². The highest BCUT2D eigenvalue weighted by molar-refractivity contribution is 9.10. The fourth-order valence-electron chi connectivity index (χ4n) is 3.07. The molecule has 0 saturated carbocycles. The van der Waals surface area contributed by atoms with Crippen molar-refractivity contribution in [2.45, 2.75) is 19.4 Å². The highest BCUT2D eigenvalue weighted by atomic mass is 79.9. The summed E-state index contributed by atoms with van der Waals surface area (Å²) < 4.78 is 1.14. The van der Waals surface area contributed by atoms with Crippen LogP contribution in [-0.4, -0.2) is 81.1 Å². The molecule has 1 aromatic rings. The van der Waals surface area contributed by atoms with Crippen LogP contribution in [0, 0.1) is 0 Å². The zero-order valence-electron chi connectivity index (χ0n) is 15.8. The van der Waals surface area contributed by atoms with Gasteiger partial charge in [-0.1, -0.05) is 34.1 Å². The van der Waals surface area contributed by atoms with E-state index in [2.05, 4.69) is 73.2 Å². The van der Waals surface area contributed by atoms with Gasteiger partial charge in [0.25, 0.3) is 0 Å². The van der Waals surface area contributed by atoms with Gasteiger partial charge in [-0.25, -0.2) is 0 Å². The molecule has 0 bridgehead atoms. The van der Waals surface area contributed by atoms with Crippen molar-refractivity contribution in [3.05, 3.63) is 34.3 Å². The van der Waals surface area contributed by atoms with Gasteiger partial charge < -0.3 is 20.0 Å². The molecular formula is C19H32BrN5. The molecular weight excluding hydrogens is 378 g/mol. The third-order valence-electron chi connectivity index (χ3n) is 4.72. The van der Waals surface area contributed by atoms with Crippen LogP contribution in [0.4, 0.5) is 0 Å². The van der Waals surface area contributed by atoms with Gasteiger partial charge >= 0.3 is 0 Å². The number of unbranched alkanes of at least 4 members (excludes halogenated alkanes) is 1. The minimum Gasteiger partial charge on any atom is -0.356 e.